The highest BCUT2D eigenvalue weighted by Crippen LogP contribution is 2.39. The van der Waals surface area contributed by atoms with Crippen LogP contribution in [0.25, 0.3) is 0 Å². The first-order valence-electron chi connectivity index (χ1n) is 13.9. The number of imidazole rings is 1. The van der Waals surface area contributed by atoms with Crippen LogP contribution in [0.5, 0.6) is 0 Å². The molecule has 0 bridgehead atoms. The molecular weight excluding hydrogens is 475 g/mol. The van der Waals surface area contributed by atoms with Crippen LogP contribution in [-0.4, -0.2) is 24.3 Å². The van der Waals surface area contributed by atoms with Crippen LogP contribution >= 0.6 is 0 Å². The van der Waals surface area contributed by atoms with Crippen molar-refractivity contribution < 1.29 is 0 Å². The van der Waals surface area contributed by atoms with Crippen molar-refractivity contribution in [1.29, 1.82) is 0 Å². The molecule has 0 unspecified atom stereocenters. The molecule has 0 amide bonds. The maximum Gasteiger partial charge on any atom is 0.206 e. The van der Waals surface area contributed by atoms with E-state index in [-0.39, 0.29) is 0 Å². The maximum absolute atomic E-state index is 4.31. The van der Waals surface area contributed by atoms with E-state index in [2.05, 4.69) is 144 Å². The van der Waals surface area contributed by atoms with Gasteiger partial charge in [0.1, 0.15) is 8.07 Å². The molecule has 0 saturated heterocycles. The summed E-state index contributed by atoms with van der Waals surface area (Å²) in [6, 6.07) is 43.8. The molecule has 1 saturated carbocycles. The van der Waals surface area contributed by atoms with Crippen LogP contribution < -0.4 is 21.3 Å². The highest BCUT2D eigenvalue weighted by Gasteiger charge is 2.45. The fourth-order valence-corrected chi connectivity index (χ4v) is 11.8. The summed E-state index contributed by atoms with van der Waals surface area (Å²) in [4.78, 5) is 4.31. The molecule has 1 fully saturated rings. The summed E-state index contributed by atoms with van der Waals surface area (Å²) in [6.07, 6.45) is 12.6. The molecule has 1 heterocycles. The van der Waals surface area contributed by atoms with Gasteiger partial charge in [-0.3, -0.25) is 0 Å². The minimum Gasteiger partial charge on any atom is -0.340 e. The van der Waals surface area contributed by atoms with Crippen LogP contribution in [0.15, 0.2) is 140 Å². The molecule has 1 aromatic heterocycles. The third-order valence-electron chi connectivity index (χ3n) is 8.22. The van der Waals surface area contributed by atoms with Crippen molar-refractivity contribution in [2.45, 2.75) is 44.2 Å². The third kappa shape index (κ3) is 5.92. The fourth-order valence-electron chi connectivity index (χ4n) is 6.18. The molecule has 0 spiro atoms. The summed E-state index contributed by atoms with van der Waals surface area (Å²) < 4.78 is 2.31. The molecule has 38 heavy (non-hydrogen) atoms. The first-order valence-corrected chi connectivity index (χ1v) is 16.2. The van der Waals surface area contributed by atoms with Crippen LogP contribution in [0, 0.1) is 0 Å². The van der Waals surface area contributed by atoms with Crippen molar-refractivity contribution in [3.63, 3.8) is 0 Å². The third-order valence-corrected chi connectivity index (χ3v) is 13.8. The average Bonchev–Trinajstić information content (AvgIpc) is 3.73. The predicted octanol–water partition coefficient (Wildman–Crippen LogP) is 5.56. The predicted molar refractivity (Wildman–Crippen MR) is 166 cm³/mol. The first-order chi connectivity index (χ1) is 18.8. The summed E-state index contributed by atoms with van der Waals surface area (Å²) in [5.41, 5.74) is 3.56. The van der Waals surface area contributed by atoms with Gasteiger partial charge in [-0.2, -0.15) is 0 Å². The van der Waals surface area contributed by atoms with Gasteiger partial charge in [0.15, 0.2) is 0 Å². The molecule has 4 heteroatoms. The Balaban J connectivity index is 0.000000179. The van der Waals surface area contributed by atoms with E-state index in [0.717, 1.165) is 11.7 Å². The molecule has 4 aromatic carbocycles. The van der Waals surface area contributed by atoms with E-state index in [0.29, 0.717) is 6.71 Å². The second-order valence-electron chi connectivity index (χ2n) is 10.5. The SMILES string of the molecule is CB(c1ccccc1)c1ccccc1.c1ccc([Si](Cn2ccnc2)(c2ccccc2)C2CCCC2)cc1. The second-order valence-corrected chi connectivity index (χ2v) is 14.7. The molecule has 6 rings (SSSR count). The van der Waals surface area contributed by atoms with E-state index in [1.807, 2.05) is 12.5 Å². The van der Waals surface area contributed by atoms with Crippen molar-refractivity contribution >= 4 is 36.1 Å². The fraction of sp³-hybridized carbons (Fsp3) is 0.206. The van der Waals surface area contributed by atoms with Gasteiger partial charge >= 0.3 is 0 Å². The molecule has 0 aliphatic heterocycles. The largest absolute Gasteiger partial charge is 0.340 e. The van der Waals surface area contributed by atoms with Gasteiger partial charge < -0.3 is 4.57 Å². The molecule has 190 valence electrons. The number of benzene rings is 4. The van der Waals surface area contributed by atoms with Crippen LogP contribution in [-0.2, 0) is 6.17 Å². The summed E-state index contributed by atoms with van der Waals surface area (Å²) in [6.45, 7) is 2.72. The molecule has 1 aliphatic rings. The zero-order chi connectivity index (χ0) is 26.0. The van der Waals surface area contributed by atoms with Gasteiger partial charge in [0.05, 0.1) is 6.33 Å². The number of hydrogen-bond acceptors (Lipinski definition) is 1. The van der Waals surface area contributed by atoms with Crippen LogP contribution in [0.3, 0.4) is 0 Å². The van der Waals surface area contributed by atoms with Crippen molar-refractivity contribution in [3.05, 3.63) is 140 Å². The highest BCUT2D eigenvalue weighted by molar-refractivity contribution is 7.02. The number of rotatable bonds is 7. The lowest BCUT2D eigenvalue weighted by atomic mass is 9.43. The van der Waals surface area contributed by atoms with Gasteiger partial charge in [0, 0.05) is 18.6 Å². The Kier molecular flexibility index (Phi) is 8.72. The lowest BCUT2D eigenvalue weighted by Crippen LogP contribution is -2.64. The van der Waals surface area contributed by atoms with E-state index >= 15 is 0 Å². The van der Waals surface area contributed by atoms with Crippen molar-refractivity contribution in [2.24, 2.45) is 0 Å². The van der Waals surface area contributed by atoms with Crippen molar-refractivity contribution in [1.82, 2.24) is 9.55 Å². The van der Waals surface area contributed by atoms with E-state index in [4.69, 9.17) is 0 Å². The van der Waals surface area contributed by atoms with E-state index in [1.54, 1.807) is 10.4 Å². The van der Waals surface area contributed by atoms with Gasteiger partial charge in [0.2, 0.25) is 6.71 Å². The summed E-state index contributed by atoms with van der Waals surface area (Å²) in [7, 11) is -1.90. The smallest absolute Gasteiger partial charge is 0.206 e. The normalized spacial score (nSPS) is 13.5. The van der Waals surface area contributed by atoms with Gasteiger partial charge in [-0.05, 0) is 5.54 Å². The van der Waals surface area contributed by atoms with Crippen LogP contribution in [0.4, 0.5) is 0 Å². The van der Waals surface area contributed by atoms with Gasteiger partial charge in [-0.25, -0.2) is 4.98 Å². The second kappa shape index (κ2) is 12.8. The van der Waals surface area contributed by atoms with Gasteiger partial charge in [0.25, 0.3) is 0 Å². The topological polar surface area (TPSA) is 17.8 Å². The van der Waals surface area contributed by atoms with E-state index in [9.17, 15) is 0 Å². The summed E-state index contributed by atoms with van der Waals surface area (Å²) in [5, 5.41) is 3.13. The number of hydrogen-bond donors (Lipinski definition) is 0. The molecule has 0 atom stereocenters. The van der Waals surface area contributed by atoms with Gasteiger partial charge in [-0.15, -0.1) is 0 Å². The molecule has 5 aromatic rings. The molecule has 0 radical (unpaired) electrons. The summed E-state index contributed by atoms with van der Waals surface area (Å²) >= 11 is 0. The number of aromatic nitrogens is 2. The van der Waals surface area contributed by atoms with Crippen molar-refractivity contribution in [3.8, 4) is 0 Å². The van der Waals surface area contributed by atoms with E-state index in [1.165, 1.54) is 36.6 Å². The Morgan fingerprint density at radius 1 is 0.684 bits per heavy atom. The van der Waals surface area contributed by atoms with Crippen LogP contribution in [0.1, 0.15) is 25.7 Å². The first kappa shape index (κ1) is 26.0. The quantitative estimate of drug-likeness (QED) is 0.261. The maximum atomic E-state index is 4.31. The monoisotopic (exact) mass is 512 g/mol. The standard InChI is InChI=1S/C21H24N2Si.C13H13B/c1-3-9-19(10-4-1)24(21-13-7-8-14-21,18-23-16-15-22-17-23)20-11-5-2-6-12-20;1-14(12-8-4-2-5-9-12)13-10-6-3-7-11-13/h1-6,9-12,15-17,21H,7-8,13-14,18H2;2-11H,1H3. The lowest BCUT2D eigenvalue weighted by molar-refractivity contribution is 0.782. The Morgan fingerprint density at radius 2 is 1.13 bits per heavy atom. The minimum absolute atomic E-state index is 0.484. The lowest BCUT2D eigenvalue weighted by Gasteiger charge is -2.38. The van der Waals surface area contributed by atoms with Crippen molar-refractivity contribution in [2.75, 3.05) is 0 Å². The Hall–Kier alpha value is -3.63. The zero-order valence-electron chi connectivity index (χ0n) is 22.4. The number of nitrogens with zero attached hydrogens (tertiary/aromatic N) is 2. The minimum atomic E-state index is -1.90. The Bertz CT molecular complexity index is 1260. The molecule has 0 N–H and O–H groups in total. The summed E-state index contributed by atoms with van der Waals surface area (Å²) in [5.74, 6) is 0. The zero-order valence-corrected chi connectivity index (χ0v) is 23.4. The van der Waals surface area contributed by atoms with Crippen LogP contribution in [0.2, 0.25) is 12.4 Å². The molecular formula is C34H37BN2Si. The average molecular weight is 513 g/mol. The molecule has 1 aliphatic carbocycles. The van der Waals surface area contributed by atoms with E-state index < -0.39 is 8.07 Å². The molecule has 2 nitrogen and oxygen atoms in total. The van der Waals surface area contributed by atoms with Gasteiger partial charge in [-0.1, -0.05) is 175 Å². The Morgan fingerprint density at radius 3 is 1.55 bits per heavy atom. The Labute approximate surface area is 229 Å². The highest BCUT2D eigenvalue weighted by atomic mass is 28.3.